The molecule has 1 N–H and O–H groups in total. The van der Waals surface area contributed by atoms with E-state index in [0.29, 0.717) is 5.41 Å². The molecular formula is C16H19N. The lowest BCUT2D eigenvalue weighted by Gasteiger charge is -2.36. The highest BCUT2D eigenvalue weighted by molar-refractivity contribution is 5.86. The van der Waals surface area contributed by atoms with Crippen molar-refractivity contribution in [1.82, 2.24) is 4.98 Å². The molecule has 1 nitrogen and oxygen atoms in total. The minimum absolute atomic E-state index is 0.437. The van der Waals surface area contributed by atoms with Gasteiger partial charge < -0.3 is 4.98 Å². The topological polar surface area (TPSA) is 15.8 Å². The molecule has 0 bridgehead atoms. The lowest BCUT2D eigenvalue weighted by atomic mass is 9.69. The van der Waals surface area contributed by atoms with Gasteiger partial charge in [0.25, 0.3) is 0 Å². The van der Waals surface area contributed by atoms with Crippen LogP contribution < -0.4 is 0 Å². The zero-order chi connectivity index (χ0) is 11.5. The van der Waals surface area contributed by atoms with Gasteiger partial charge in [-0.1, -0.05) is 38.0 Å². The van der Waals surface area contributed by atoms with Gasteiger partial charge in [-0.3, -0.25) is 0 Å². The van der Waals surface area contributed by atoms with Crippen LogP contribution in [0.5, 0.6) is 0 Å². The van der Waals surface area contributed by atoms with Crippen LogP contribution in [0.3, 0.4) is 0 Å². The second-order valence-corrected chi connectivity index (χ2v) is 6.09. The zero-order valence-electron chi connectivity index (χ0n) is 10.4. The molecule has 1 aromatic heterocycles. The summed E-state index contributed by atoms with van der Waals surface area (Å²) in [5.41, 5.74) is 4.95. The van der Waals surface area contributed by atoms with Crippen molar-refractivity contribution in [2.75, 3.05) is 0 Å². The highest BCUT2D eigenvalue weighted by atomic mass is 14.8. The van der Waals surface area contributed by atoms with E-state index in [1.807, 2.05) is 0 Å². The van der Waals surface area contributed by atoms with Gasteiger partial charge in [0.1, 0.15) is 0 Å². The highest BCUT2D eigenvalue weighted by Gasteiger charge is 2.45. The molecule has 88 valence electrons. The molecule has 0 unspecified atom stereocenters. The Labute approximate surface area is 102 Å². The molecule has 1 aromatic carbocycles. The molecule has 0 aliphatic heterocycles. The number of hydrogen-bond acceptors (Lipinski definition) is 0. The number of fused-ring (bicyclic) bond motifs is 5. The molecule has 1 saturated carbocycles. The molecule has 2 aliphatic rings. The first-order chi connectivity index (χ1) is 8.29. The first-order valence-electron chi connectivity index (χ1n) is 6.89. The van der Waals surface area contributed by atoms with E-state index in [0.717, 1.165) is 5.92 Å². The third-order valence-electron chi connectivity index (χ3n) is 5.24. The van der Waals surface area contributed by atoms with Crippen molar-refractivity contribution in [3.63, 3.8) is 0 Å². The van der Waals surface area contributed by atoms with Crippen molar-refractivity contribution in [1.29, 1.82) is 0 Å². The number of nitrogens with one attached hydrogen (secondary N) is 1. The van der Waals surface area contributed by atoms with Gasteiger partial charge in [-0.05, 0) is 36.8 Å². The summed E-state index contributed by atoms with van der Waals surface area (Å²) in [5, 5.41) is 1.47. The number of aromatic amines is 1. The van der Waals surface area contributed by atoms with E-state index in [9.17, 15) is 0 Å². The predicted molar refractivity (Wildman–Crippen MR) is 71.3 cm³/mol. The lowest BCUT2D eigenvalue weighted by molar-refractivity contribution is 0.221. The number of para-hydroxylation sites is 1. The minimum Gasteiger partial charge on any atom is -0.358 e. The smallest absolute Gasteiger partial charge is 0.0459 e. The Hall–Kier alpha value is -1.24. The van der Waals surface area contributed by atoms with Crippen LogP contribution in [-0.4, -0.2) is 4.98 Å². The van der Waals surface area contributed by atoms with E-state index >= 15 is 0 Å². The van der Waals surface area contributed by atoms with Gasteiger partial charge in [0.2, 0.25) is 0 Å². The van der Waals surface area contributed by atoms with Crippen LogP contribution >= 0.6 is 0 Å². The van der Waals surface area contributed by atoms with Crippen molar-refractivity contribution in [3.05, 3.63) is 35.5 Å². The molecule has 1 heteroatoms. The molecule has 17 heavy (non-hydrogen) atoms. The monoisotopic (exact) mass is 225 g/mol. The molecule has 4 rings (SSSR count). The number of benzene rings is 1. The van der Waals surface area contributed by atoms with E-state index in [1.165, 1.54) is 43.0 Å². The normalized spacial score (nSPS) is 31.5. The second kappa shape index (κ2) is 3.16. The second-order valence-electron chi connectivity index (χ2n) is 6.09. The summed E-state index contributed by atoms with van der Waals surface area (Å²) in [7, 11) is 0. The van der Waals surface area contributed by atoms with Crippen molar-refractivity contribution >= 4 is 10.9 Å². The van der Waals surface area contributed by atoms with Crippen molar-refractivity contribution in [2.24, 2.45) is 5.92 Å². The maximum atomic E-state index is 3.72. The molecule has 0 amide bonds. The van der Waals surface area contributed by atoms with E-state index < -0.39 is 0 Å². The average Bonchev–Trinajstić information content (AvgIpc) is 2.84. The van der Waals surface area contributed by atoms with Gasteiger partial charge in [-0.25, -0.2) is 0 Å². The van der Waals surface area contributed by atoms with E-state index in [1.54, 1.807) is 11.3 Å². The van der Waals surface area contributed by atoms with Gasteiger partial charge in [0.05, 0.1) is 0 Å². The summed E-state index contributed by atoms with van der Waals surface area (Å²) >= 11 is 0. The Morgan fingerprint density at radius 1 is 1.24 bits per heavy atom. The summed E-state index contributed by atoms with van der Waals surface area (Å²) in [6.45, 7) is 2.48. The molecular weight excluding hydrogens is 206 g/mol. The van der Waals surface area contributed by atoms with Gasteiger partial charge in [-0.2, -0.15) is 0 Å². The largest absolute Gasteiger partial charge is 0.358 e. The lowest BCUT2D eigenvalue weighted by Crippen LogP contribution is -2.31. The minimum atomic E-state index is 0.437. The molecule has 1 heterocycles. The fourth-order valence-electron chi connectivity index (χ4n) is 4.21. The molecule has 0 spiro atoms. The molecule has 2 atom stereocenters. The van der Waals surface area contributed by atoms with E-state index in [-0.39, 0.29) is 0 Å². The fraction of sp³-hybridized carbons (Fsp3) is 0.500. The Morgan fingerprint density at radius 2 is 2.12 bits per heavy atom. The molecule has 2 aliphatic carbocycles. The SMILES string of the molecule is C[C@@]12CCCC[C@@H]1Cc1c2[nH]c2ccccc12. The van der Waals surface area contributed by atoms with Crippen molar-refractivity contribution in [2.45, 2.75) is 44.4 Å². The summed E-state index contributed by atoms with van der Waals surface area (Å²) in [5.74, 6) is 0.891. The average molecular weight is 225 g/mol. The maximum Gasteiger partial charge on any atom is 0.0459 e. The molecule has 0 radical (unpaired) electrons. The number of hydrogen-bond donors (Lipinski definition) is 1. The number of rotatable bonds is 0. The summed E-state index contributed by atoms with van der Waals surface area (Å²) in [4.78, 5) is 3.72. The first-order valence-corrected chi connectivity index (χ1v) is 6.89. The molecule has 2 aromatic rings. The van der Waals surface area contributed by atoms with Crippen LogP contribution in [-0.2, 0) is 11.8 Å². The fourth-order valence-corrected chi connectivity index (χ4v) is 4.21. The summed E-state index contributed by atoms with van der Waals surface area (Å²) < 4.78 is 0. The zero-order valence-corrected chi connectivity index (χ0v) is 10.4. The van der Waals surface area contributed by atoms with Gasteiger partial charge in [0, 0.05) is 22.0 Å². The van der Waals surface area contributed by atoms with Gasteiger partial charge >= 0.3 is 0 Å². The maximum absolute atomic E-state index is 3.72. The molecule has 0 saturated heterocycles. The first kappa shape index (κ1) is 9.76. The standard InChI is InChI=1S/C16H19N/c1-16-9-5-4-6-11(16)10-13-12-7-2-3-8-14(12)17-15(13)16/h2-3,7-8,11,17H,4-6,9-10H2,1H3/t11-,16-/m1/s1. The molecule has 1 fully saturated rings. The van der Waals surface area contributed by atoms with Gasteiger partial charge in [-0.15, -0.1) is 0 Å². The Bertz CT molecular complexity index is 580. The Balaban J connectivity index is 1.97. The van der Waals surface area contributed by atoms with Crippen LogP contribution in [0.25, 0.3) is 10.9 Å². The van der Waals surface area contributed by atoms with Crippen molar-refractivity contribution < 1.29 is 0 Å². The Morgan fingerprint density at radius 3 is 3.06 bits per heavy atom. The van der Waals surface area contributed by atoms with Crippen LogP contribution in [0.2, 0.25) is 0 Å². The summed E-state index contributed by atoms with van der Waals surface area (Å²) in [6, 6.07) is 8.80. The van der Waals surface area contributed by atoms with Crippen LogP contribution in [0.1, 0.15) is 43.9 Å². The Kier molecular flexibility index (Phi) is 1.81. The van der Waals surface area contributed by atoms with Crippen LogP contribution in [0.4, 0.5) is 0 Å². The van der Waals surface area contributed by atoms with Crippen LogP contribution in [0.15, 0.2) is 24.3 Å². The quantitative estimate of drug-likeness (QED) is 0.692. The third-order valence-corrected chi connectivity index (χ3v) is 5.24. The third kappa shape index (κ3) is 1.15. The van der Waals surface area contributed by atoms with E-state index in [4.69, 9.17) is 0 Å². The van der Waals surface area contributed by atoms with Crippen LogP contribution in [0, 0.1) is 5.92 Å². The van der Waals surface area contributed by atoms with Gasteiger partial charge in [0.15, 0.2) is 0 Å². The number of H-pyrrole nitrogens is 1. The summed E-state index contributed by atoms with van der Waals surface area (Å²) in [6.07, 6.45) is 6.94. The highest BCUT2D eigenvalue weighted by Crippen LogP contribution is 2.52. The predicted octanol–water partition coefficient (Wildman–Crippen LogP) is 4.17. The van der Waals surface area contributed by atoms with Crippen molar-refractivity contribution in [3.8, 4) is 0 Å². The number of aromatic nitrogens is 1. The van der Waals surface area contributed by atoms with E-state index in [2.05, 4.69) is 36.2 Å².